The Hall–Kier alpha value is -2.85. The van der Waals surface area contributed by atoms with Crippen molar-refractivity contribution in [3.8, 4) is 0 Å². The highest BCUT2D eigenvalue weighted by atomic mass is 32.2. The molecule has 0 bridgehead atoms. The Morgan fingerprint density at radius 3 is 2.36 bits per heavy atom. The molecule has 1 fully saturated rings. The van der Waals surface area contributed by atoms with E-state index in [-0.39, 0.29) is 32.1 Å². The average molecular weight is 480 g/mol. The molecule has 0 aliphatic carbocycles. The lowest BCUT2D eigenvalue weighted by Crippen LogP contribution is -2.50. The van der Waals surface area contributed by atoms with Crippen molar-refractivity contribution >= 4 is 26.8 Å². The van der Waals surface area contributed by atoms with Crippen molar-refractivity contribution in [2.45, 2.75) is 30.3 Å². The van der Waals surface area contributed by atoms with E-state index in [1.807, 2.05) is 30.5 Å². The molecule has 10 heteroatoms. The Morgan fingerprint density at radius 1 is 0.970 bits per heavy atom. The summed E-state index contributed by atoms with van der Waals surface area (Å²) >= 11 is 0. The topological polar surface area (TPSA) is 73.5 Å². The Kier molecular flexibility index (Phi) is 6.49. The molecule has 0 saturated carbocycles. The highest BCUT2D eigenvalue weighted by molar-refractivity contribution is 7.89. The third kappa shape index (κ3) is 4.91. The summed E-state index contributed by atoms with van der Waals surface area (Å²) in [5, 5.41) is 1.13. The molecule has 0 unspecified atom stereocenters. The van der Waals surface area contributed by atoms with E-state index in [2.05, 4.69) is 4.98 Å². The van der Waals surface area contributed by atoms with Gasteiger partial charge in [-0.1, -0.05) is 30.3 Å². The van der Waals surface area contributed by atoms with Gasteiger partial charge in [0.15, 0.2) is 0 Å². The van der Waals surface area contributed by atoms with Crippen LogP contribution in [0.2, 0.25) is 0 Å². The number of fused-ring (bicyclic) bond motifs is 1. The number of para-hydroxylation sites is 1. The number of alkyl halides is 3. The molecule has 0 atom stereocenters. The van der Waals surface area contributed by atoms with Gasteiger partial charge in [-0.25, -0.2) is 8.42 Å². The van der Waals surface area contributed by atoms with Gasteiger partial charge in [0.05, 0.1) is 10.5 Å². The van der Waals surface area contributed by atoms with Crippen molar-refractivity contribution in [1.82, 2.24) is 14.2 Å². The molecule has 3 aromatic rings. The molecule has 33 heavy (non-hydrogen) atoms. The van der Waals surface area contributed by atoms with Gasteiger partial charge in [0.1, 0.15) is 0 Å². The maximum atomic E-state index is 13.3. The Balaban J connectivity index is 1.33. The minimum atomic E-state index is -4.77. The van der Waals surface area contributed by atoms with E-state index in [1.54, 1.807) is 4.90 Å². The first-order valence-electron chi connectivity index (χ1n) is 10.7. The first kappa shape index (κ1) is 23.3. The van der Waals surface area contributed by atoms with Gasteiger partial charge in [-0.15, -0.1) is 0 Å². The largest absolute Gasteiger partial charge is 0.417 e. The molecule has 176 valence electrons. The fraction of sp³-hybridized carbons (Fsp3) is 0.348. The number of hydrogen-bond acceptors (Lipinski definition) is 3. The van der Waals surface area contributed by atoms with E-state index < -0.39 is 26.7 Å². The van der Waals surface area contributed by atoms with Crippen LogP contribution in [0.4, 0.5) is 13.2 Å². The monoisotopic (exact) mass is 479 g/mol. The van der Waals surface area contributed by atoms with Gasteiger partial charge in [0, 0.05) is 49.7 Å². The van der Waals surface area contributed by atoms with Crippen LogP contribution in [0.1, 0.15) is 24.0 Å². The minimum absolute atomic E-state index is 0.0390. The average Bonchev–Trinajstić information content (AvgIpc) is 3.22. The lowest BCUT2D eigenvalue weighted by atomic mass is 10.1. The molecular formula is C23H24F3N3O3S. The number of benzene rings is 2. The van der Waals surface area contributed by atoms with Crippen LogP contribution in [0.3, 0.4) is 0 Å². The first-order chi connectivity index (χ1) is 15.7. The summed E-state index contributed by atoms with van der Waals surface area (Å²) < 4.78 is 66.6. The van der Waals surface area contributed by atoms with E-state index in [0.29, 0.717) is 12.8 Å². The van der Waals surface area contributed by atoms with Crippen molar-refractivity contribution < 1.29 is 26.4 Å². The maximum Gasteiger partial charge on any atom is 0.417 e. The molecule has 1 aliphatic heterocycles. The van der Waals surface area contributed by atoms with Gasteiger partial charge >= 0.3 is 6.18 Å². The second-order valence-electron chi connectivity index (χ2n) is 7.99. The molecule has 4 rings (SSSR count). The van der Waals surface area contributed by atoms with Crippen LogP contribution in [0.25, 0.3) is 10.9 Å². The van der Waals surface area contributed by atoms with E-state index in [4.69, 9.17) is 0 Å². The molecule has 1 N–H and O–H groups in total. The molecule has 2 heterocycles. The zero-order valence-corrected chi connectivity index (χ0v) is 18.6. The van der Waals surface area contributed by atoms with Crippen LogP contribution < -0.4 is 0 Å². The second kappa shape index (κ2) is 9.18. The molecule has 6 nitrogen and oxygen atoms in total. The third-order valence-electron chi connectivity index (χ3n) is 5.91. The van der Waals surface area contributed by atoms with Crippen LogP contribution >= 0.6 is 0 Å². The van der Waals surface area contributed by atoms with E-state index in [9.17, 15) is 26.4 Å². The Labute approximate surface area is 190 Å². The molecule has 0 spiro atoms. The van der Waals surface area contributed by atoms with Gasteiger partial charge in [-0.05, 0) is 36.6 Å². The number of amides is 1. The number of halogens is 3. The van der Waals surface area contributed by atoms with E-state index in [0.717, 1.165) is 45.4 Å². The van der Waals surface area contributed by atoms with E-state index in [1.165, 1.54) is 6.07 Å². The number of aromatic amines is 1. The van der Waals surface area contributed by atoms with Gasteiger partial charge in [0.25, 0.3) is 0 Å². The van der Waals surface area contributed by atoms with Gasteiger partial charge < -0.3 is 9.88 Å². The number of H-pyrrole nitrogens is 1. The summed E-state index contributed by atoms with van der Waals surface area (Å²) in [6.07, 6.45) is -1.12. The summed E-state index contributed by atoms with van der Waals surface area (Å²) in [5.41, 5.74) is 1.00. The molecule has 1 aliphatic rings. The van der Waals surface area contributed by atoms with Gasteiger partial charge in [-0.3, -0.25) is 4.79 Å². The van der Waals surface area contributed by atoms with Crippen LogP contribution in [-0.2, 0) is 27.4 Å². The molecule has 1 saturated heterocycles. The summed E-state index contributed by atoms with van der Waals surface area (Å²) in [6, 6.07) is 12.1. The molecular weight excluding hydrogens is 455 g/mol. The number of sulfonamides is 1. The maximum absolute atomic E-state index is 13.3. The molecule has 2 aromatic carbocycles. The van der Waals surface area contributed by atoms with Gasteiger partial charge in [0.2, 0.25) is 15.9 Å². The fourth-order valence-electron chi connectivity index (χ4n) is 4.17. The normalized spacial score (nSPS) is 15.8. The second-order valence-corrected chi connectivity index (χ2v) is 9.90. The van der Waals surface area contributed by atoms with Crippen molar-refractivity contribution in [2.24, 2.45) is 0 Å². The minimum Gasteiger partial charge on any atom is -0.361 e. The van der Waals surface area contributed by atoms with Crippen LogP contribution in [-0.4, -0.2) is 54.7 Å². The van der Waals surface area contributed by atoms with Crippen LogP contribution in [0.15, 0.2) is 59.6 Å². The van der Waals surface area contributed by atoms with Crippen molar-refractivity contribution in [3.63, 3.8) is 0 Å². The highest BCUT2D eigenvalue weighted by Gasteiger charge is 2.39. The third-order valence-corrected chi connectivity index (χ3v) is 7.87. The quantitative estimate of drug-likeness (QED) is 0.580. The number of aromatic nitrogens is 1. The standard InChI is InChI=1S/C23H24F3N3O3S/c24-23(25,26)19-8-2-4-10-21(19)33(31,32)29-14-12-28(13-15-29)22(30)11-5-6-17-16-27-20-9-3-1-7-18(17)20/h1-4,7-10,16,27H,5-6,11-15H2. The number of aryl methyl sites for hydroxylation is 1. The summed E-state index contributed by atoms with van der Waals surface area (Å²) in [4.78, 5) is 16.6. The van der Waals surface area contributed by atoms with E-state index >= 15 is 0 Å². The lowest BCUT2D eigenvalue weighted by Gasteiger charge is -2.34. The molecule has 1 amide bonds. The number of piperazine rings is 1. The number of hydrogen-bond donors (Lipinski definition) is 1. The number of carbonyl (C=O) groups excluding carboxylic acids is 1. The zero-order valence-electron chi connectivity index (χ0n) is 17.8. The fourth-order valence-corrected chi connectivity index (χ4v) is 5.80. The SMILES string of the molecule is O=C(CCCc1c[nH]c2ccccc12)N1CCN(S(=O)(=O)c2ccccc2C(F)(F)F)CC1. The Morgan fingerprint density at radius 2 is 1.64 bits per heavy atom. The predicted molar refractivity (Wildman–Crippen MR) is 118 cm³/mol. The number of rotatable bonds is 6. The Bertz CT molecular complexity index is 1250. The summed E-state index contributed by atoms with van der Waals surface area (Å²) in [5.74, 6) is -0.0809. The predicted octanol–water partition coefficient (Wildman–Crippen LogP) is 4.04. The number of carbonyl (C=O) groups is 1. The van der Waals surface area contributed by atoms with Crippen molar-refractivity contribution in [3.05, 3.63) is 65.9 Å². The highest BCUT2D eigenvalue weighted by Crippen LogP contribution is 2.35. The molecule has 0 radical (unpaired) electrons. The summed E-state index contributed by atoms with van der Waals surface area (Å²) in [6.45, 7) is 0.226. The van der Waals surface area contributed by atoms with Crippen LogP contribution in [0.5, 0.6) is 0 Å². The summed E-state index contributed by atoms with van der Waals surface area (Å²) in [7, 11) is -4.32. The van der Waals surface area contributed by atoms with Crippen LogP contribution in [0, 0.1) is 0 Å². The number of nitrogens with one attached hydrogen (secondary N) is 1. The lowest BCUT2D eigenvalue weighted by molar-refractivity contribution is -0.139. The zero-order chi connectivity index (χ0) is 23.6. The smallest absolute Gasteiger partial charge is 0.361 e. The molecule has 1 aromatic heterocycles. The first-order valence-corrected chi connectivity index (χ1v) is 12.1. The van der Waals surface area contributed by atoms with Crippen molar-refractivity contribution in [1.29, 1.82) is 0 Å². The van der Waals surface area contributed by atoms with Crippen molar-refractivity contribution in [2.75, 3.05) is 26.2 Å². The van der Waals surface area contributed by atoms with Gasteiger partial charge in [-0.2, -0.15) is 17.5 Å². The number of nitrogens with zero attached hydrogens (tertiary/aromatic N) is 2.